The standard InChI is InChI=1S/C31H35N5O2S2/c1-22-12-14-25(15-13-22)30-32-33-31(36(30)27-10-5-4-8-23(27)2)40-19-7-11-28(37)34-16-17-35(24(3)21-34)29(38)20-26-9-6-18-39-26/h4-6,8-10,12-15,18,24H,7,11,16-17,19-21H2,1-3H3. The van der Waals surface area contributed by atoms with Gasteiger partial charge in [-0.05, 0) is 50.3 Å². The van der Waals surface area contributed by atoms with Crippen LogP contribution in [0.2, 0.25) is 0 Å². The number of carbonyl (C=O) groups excluding carboxylic acids is 2. The largest absolute Gasteiger partial charge is 0.339 e. The van der Waals surface area contributed by atoms with Gasteiger partial charge in [0.2, 0.25) is 11.8 Å². The van der Waals surface area contributed by atoms with E-state index in [-0.39, 0.29) is 17.9 Å². The summed E-state index contributed by atoms with van der Waals surface area (Å²) in [5.74, 6) is 1.87. The number of carbonyl (C=O) groups is 2. The molecule has 1 aliphatic heterocycles. The monoisotopic (exact) mass is 573 g/mol. The first-order chi connectivity index (χ1) is 19.4. The molecule has 1 aliphatic rings. The number of benzene rings is 2. The third-order valence-corrected chi connectivity index (χ3v) is 9.16. The van der Waals surface area contributed by atoms with Crippen molar-refractivity contribution in [3.63, 3.8) is 0 Å². The Morgan fingerprint density at radius 2 is 1.77 bits per heavy atom. The van der Waals surface area contributed by atoms with E-state index in [1.54, 1.807) is 23.1 Å². The van der Waals surface area contributed by atoms with Crippen LogP contribution in [0.25, 0.3) is 17.1 Å². The van der Waals surface area contributed by atoms with Gasteiger partial charge in [0, 0.05) is 48.3 Å². The van der Waals surface area contributed by atoms with Crippen LogP contribution in [0.15, 0.2) is 71.2 Å². The quantitative estimate of drug-likeness (QED) is 0.187. The van der Waals surface area contributed by atoms with Gasteiger partial charge in [-0.25, -0.2) is 0 Å². The molecule has 2 amide bonds. The normalized spacial score (nSPS) is 15.4. The molecule has 208 valence electrons. The molecule has 0 N–H and O–H groups in total. The third kappa shape index (κ3) is 6.47. The van der Waals surface area contributed by atoms with E-state index < -0.39 is 0 Å². The Bertz CT molecular complexity index is 1450. The molecule has 1 unspecified atom stereocenters. The molecule has 40 heavy (non-hydrogen) atoms. The molecule has 0 spiro atoms. The fourth-order valence-corrected chi connectivity index (χ4v) is 6.63. The highest BCUT2D eigenvalue weighted by molar-refractivity contribution is 7.99. The van der Waals surface area contributed by atoms with Crippen LogP contribution in [0.4, 0.5) is 0 Å². The van der Waals surface area contributed by atoms with Gasteiger partial charge in [-0.2, -0.15) is 0 Å². The van der Waals surface area contributed by atoms with E-state index in [0.717, 1.165) is 44.8 Å². The number of hydrogen-bond acceptors (Lipinski definition) is 6. The van der Waals surface area contributed by atoms with Crippen LogP contribution >= 0.6 is 23.1 Å². The second-order valence-electron chi connectivity index (χ2n) is 10.3. The van der Waals surface area contributed by atoms with E-state index in [2.05, 4.69) is 65.0 Å². The van der Waals surface area contributed by atoms with Crippen molar-refractivity contribution < 1.29 is 9.59 Å². The van der Waals surface area contributed by atoms with Crippen LogP contribution in [0.3, 0.4) is 0 Å². The summed E-state index contributed by atoms with van der Waals surface area (Å²) in [6, 6.07) is 20.6. The maximum Gasteiger partial charge on any atom is 0.228 e. The van der Waals surface area contributed by atoms with Gasteiger partial charge in [-0.15, -0.1) is 21.5 Å². The summed E-state index contributed by atoms with van der Waals surface area (Å²) >= 11 is 3.24. The molecule has 2 aromatic heterocycles. The molecule has 7 nitrogen and oxygen atoms in total. The molecular weight excluding hydrogens is 539 g/mol. The maximum absolute atomic E-state index is 13.0. The smallest absolute Gasteiger partial charge is 0.228 e. The Morgan fingerprint density at radius 1 is 0.975 bits per heavy atom. The number of thioether (sulfide) groups is 1. The van der Waals surface area contributed by atoms with Crippen LogP contribution in [0.1, 0.15) is 35.8 Å². The summed E-state index contributed by atoms with van der Waals surface area (Å²) in [6.07, 6.45) is 1.66. The van der Waals surface area contributed by atoms with E-state index in [1.165, 1.54) is 5.56 Å². The average Bonchev–Trinajstić information content (AvgIpc) is 3.62. The van der Waals surface area contributed by atoms with E-state index in [0.29, 0.717) is 32.5 Å². The number of piperazine rings is 1. The summed E-state index contributed by atoms with van der Waals surface area (Å²) < 4.78 is 2.13. The van der Waals surface area contributed by atoms with Crippen molar-refractivity contribution in [3.8, 4) is 17.1 Å². The number of aryl methyl sites for hydroxylation is 2. The zero-order valence-corrected chi connectivity index (χ0v) is 24.9. The molecule has 2 aromatic carbocycles. The van der Waals surface area contributed by atoms with Gasteiger partial charge < -0.3 is 9.80 Å². The number of para-hydroxylation sites is 1. The Hall–Kier alpha value is -3.43. The number of aromatic nitrogens is 3. The van der Waals surface area contributed by atoms with Gasteiger partial charge in [-0.3, -0.25) is 14.2 Å². The first-order valence-electron chi connectivity index (χ1n) is 13.7. The van der Waals surface area contributed by atoms with Crippen molar-refractivity contribution in [3.05, 3.63) is 82.0 Å². The van der Waals surface area contributed by atoms with Crippen LogP contribution in [0, 0.1) is 13.8 Å². The van der Waals surface area contributed by atoms with Gasteiger partial charge in [0.05, 0.1) is 12.1 Å². The number of hydrogen-bond donors (Lipinski definition) is 0. The topological polar surface area (TPSA) is 71.3 Å². The Kier molecular flexibility index (Phi) is 9.01. The minimum atomic E-state index is 0.0207. The van der Waals surface area contributed by atoms with Crippen LogP contribution < -0.4 is 0 Å². The minimum absolute atomic E-state index is 0.0207. The first-order valence-corrected chi connectivity index (χ1v) is 15.6. The molecule has 1 saturated heterocycles. The lowest BCUT2D eigenvalue weighted by Crippen LogP contribution is -2.55. The predicted molar refractivity (Wildman–Crippen MR) is 162 cm³/mol. The molecule has 1 atom stereocenters. The second-order valence-corrected chi connectivity index (χ2v) is 12.4. The molecule has 4 aromatic rings. The van der Waals surface area contributed by atoms with Gasteiger partial charge in [0.1, 0.15) is 0 Å². The van der Waals surface area contributed by atoms with Crippen molar-refractivity contribution in [2.75, 3.05) is 25.4 Å². The van der Waals surface area contributed by atoms with E-state index >= 15 is 0 Å². The van der Waals surface area contributed by atoms with E-state index in [9.17, 15) is 9.59 Å². The fraction of sp³-hybridized carbons (Fsp3) is 0.355. The SMILES string of the molecule is Cc1ccc(-c2nnc(SCCCC(=O)N3CCN(C(=O)Cc4cccs4)C(C)C3)n2-c2ccccc2C)cc1. The van der Waals surface area contributed by atoms with Crippen LogP contribution in [-0.4, -0.2) is 67.8 Å². The lowest BCUT2D eigenvalue weighted by molar-refractivity contribution is -0.142. The van der Waals surface area contributed by atoms with E-state index in [4.69, 9.17) is 0 Å². The lowest BCUT2D eigenvalue weighted by Gasteiger charge is -2.40. The van der Waals surface area contributed by atoms with Gasteiger partial charge >= 0.3 is 0 Å². The van der Waals surface area contributed by atoms with Crippen molar-refractivity contribution in [2.45, 2.75) is 51.2 Å². The van der Waals surface area contributed by atoms with Crippen molar-refractivity contribution in [1.29, 1.82) is 0 Å². The molecule has 9 heteroatoms. The average molecular weight is 574 g/mol. The summed E-state index contributed by atoms with van der Waals surface area (Å²) in [6.45, 7) is 7.97. The van der Waals surface area contributed by atoms with E-state index in [1.807, 2.05) is 46.4 Å². The predicted octanol–water partition coefficient (Wildman–Crippen LogP) is 5.79. The summed E-state index contributed by atoms with van der Waals surface area (Å²) in [5, 5.41) is 11.9. The molecular formula is C31H35N5O2S2. The summed E-state index contributed by atoms with van der Waals surface area (Å²) in [4.78, 5) is 30.7. The van der Waals surface area contributed by atoms with Crippen molar-refractivity contribution >= 4 is 34.9 Å². The maximum atomic E-state index is 13.0. The summed E-state index contributed by atoms with van der Waals surface area (Å²) in [7, 11) is 0. The zero-order valence-electron chi connectivity index (χ0n) is 23.2. The number of nitrogens with zero attached hydrogens (tertiary/aromatic N) is 5. The van der Waals surface area contributed by atoms with Crippen LogP contribution in [-0.2, 0) is 16.0 Å². The Balaban J connectivity index is 1.18. The molecule has 1 fully saturated rings. The highest BCUT2D eigenvalue weighted by Gasteiger charge is 2.29. The highest BCUT2D eigenvalue weighted by atomic mass is 32.2. The van der Waals surface area contributed by atoms with Gasteiger partial charge in [0.25, 0.3) is 0 Å². The second kappa shape index (κ2) is 12.8. The number of amides is 2. The summed E-state index contributed by atoms with van der Waals surface area (Å²) in [5.41, 5.74) is 4.42. The molecule has 0 bridgehead atoms. The molecule has 0 saturated carbocycles. The molecule has 3 heterocycles. The number of rotatable bonds is 9. The molecule has 5 rings (SSSR count). The lowest BCUT2D eigenvalue weighted by atomic mass is 10.1. The van der Waals surface area contributed by atoms with Crippen molar-refractivity contribution in [1.82, 2.24) is 24.6 Å². The van der Waals surface area contributed by atoms with Gasteiger partial charge in [-0.1, -0.05) is 65.9 Å². The Labute approximate surface area is 244 Å². The zero-order chi connectivity index (χ0) is 28.1. The molecule has 0 aliphatic carbocycles. The minimum Gasteiger partial charge on any atom is -0.339 e. The third-order valence-electron chi connectivity index (χ3n) is 7.27. The van der Waals surface area contributed by atoms with Crippen molar-refractivity contribution in [2.24, 2.45) is 0 Å². The first kappa shape index (κ1) is 28.1. The van der Waals surface area contributed by atoms with Gasteiger partial charge in [0.15, 0.2) is 11.0 Å². The Morgan fingerprint density at radius 3 is 2.50 bits per heavy atom. The fourth-order valence-electron chi connectivity index (χ4n) is 5.05. The highest BCUT2D eigenvalue weighted by Crippen LogP contribution is 2.30. The number of thiophene rings is 1. The van der Waals surface area contributed by atoms with Crippen LogP contribution in [0.5, 0.6) is 0 Å². The molecule has 0 radical (unpaired) electrons.